The summed E-state index contributed by atoms with van der Waals surface area (Å²) in [6.07, 6.45) is 3.09. The molecule has 2 heterocycles. The smallest absolute Gasteiger partial charge is 0.170 e. The Morgan fingerprint density at radius 1 is 1.31 bits per heavy atom. The summed E-state index contributed by atoms with van der Waals surface area (Å²) in [6, 6.07) is 0. The molecule has 0 aromatic rings. The quantitative estimate of drug-likeness (QED) is 0.740. The Hall–Kier alpha value is -0.160. The Balaban J connectivity index is 1.91. The van der Waals surface area contributed by atoms with Crippen LogP contribution >= 0.6 is 0 Å². The third-order valence-corrected chi connectivity index (χ3v) is 3.95. The fourth-order valence-corrected chi connectivity index (χ4v) is 2.53. The molecule has 0 aromatic heterocycles. The maximum atomic E-state index is 9.89. The van der Waals surface area contributed by atoms with Crippen LogP contribution in [-0.4, -0.2) is 41.9 Å². The Labute approximate surface area is 96.6 Å². The highest BCUT2D eigenvalue weighted by Gasteiger charge is 2.44. The van der Waals surface area contributed by atoms with Crippen LogP contribution in [0.25, 0.3) is 0 Å². The molecule has 0 radical (unpaired) electrons. The van der Waals surface area contributed by atoms with Gasteiger partial charge in [0.25, 0.3) is 0 Å². The lowest BCUT2D eigenvalue weighted by Crippen LogP contribution is -2.51. The highest BCUT2D eigenvalue weighted by atomic mass is 16.7. The van der Waals surface area contributed by atoms with E-state index in [0.717, 1.165) is 25.9 Å². The average Bonchev–Trinajstić information content (AvgIpc) is 2.30. The molecule has 1 spiro atoms. The minimum absolute atomic E-state index is 0.0190. The second-order valence-electron chi connectivity index (χ2n) is 5.06. The van der Waals surface area contributed by atoms with Crippen molar-refractivity contribution in [3.8, 4) is 0 Å². The minimum Gasteiger partial charge on any atom is -0.396 e. The third kappa shape index (κ3) is 2.40. The van der Waals surface area contributed by atoms with Gasteiger partial charge in [-0.3, -0.25) is 0 Å². The van der Waals surface area contributed by atoms with E-state index in [0.29, 0.717) is 18.9 Å². The first-order valence-electron chi connectivity index (χ1n) is 6.26. The summed E-state index contributed by atoms with van der Waals surface area (Å²) < 4.78 is 11.5. The lowest BCUT2D eigenvalue weighted by molar-refractivity contribution is -0.307. The van der Waals surface area contributed by atoms with Crippen molar-refractivity contribution in [1.29, 1.82) is 0 Å². The molecule has 2 aliphatic heterocycles. The van der Waals surface area contributed by atoms with Crippen molar-refractivity contribution in [3.05, 3.63) is 0 Å². The molecule has 16 heavy (non-hydrogen) atoms. The summed E-state index contributed by atoms with van der Waals surface area (Å²) >= 11 is 0. The lowest BCUT2D eigenvalue weighted by atomic mass is 9.86. The molecule has 0 saturated carbocycles. The molecule has 94 valence electrons. The maximum Gasteiger partial charge on any atom is 0.170 e. The summed E-state index contributed by atoms with van der Waals surface area (Å²) in [5, 5.41) is 18.9. The first-order chi connectivity index (χ1) is 7.69. The van der Waals surface area contributed by atoms with Gasteiger partial charge in [-0.05, 0) is 12.3 Å². The Morgan fingerprint density at radius 2 is 2.06 bits per heavy atom. The van der Waals surface area contributed by atoms with Crippen molar-refractivity contribution in [1.82, 2.24) is 0 Å². The van der Waals surface area contributed by atoms with Gasteiger partial charge in [0.2, 0.25) is 0 Å². The maximum absolute atomic E-state index is 9.89. The van der Waals surface area contributed by atoms with Crippen LogP contribution in [0.15, 0.2) is 0 Å². The fraction of sp³-hybridized carbons (Fsp3) is 1.00. The fourth-order valence-electron chi connectivity index (χ4n) is 2.53. The van der Waals surface area contributed by atoms with E-state index in [-0.39, 0.29) is 12.5 Å². The Bertz CT molecular complexity index is 218. The molecule has 2 fully saturated rings. The van der Waals surface area contributed by atoms with Crippen molar-refractivity contribution >= 4 is 0 Å². The van der Waals surface area contributed by atoms with E-state index in [9.17, 15) is 5.11 Å². The predicted molar refractivity (Wildman–Crippen MR) is 58.8 cm³/mol. The van der Waals surface area contributed by atoms with Gasteiger partial charge in [-0.15, -0.1) is 0 Å². The lowest BCUT2D eigenvalue weighted by Gasteiger charge is -2.45. The van der Waals surface area contributed by atoms with Gasteiger partial charge in [-0.2, -0.15) is 0 Å². The van der Waals surface area contributed by atoms with E-state index in [1.165, 1.54) is 0 Å². The molecule has 0 aromatic carbocycles. The molecule has 4 atom stereocenters. The molecule has 2 N–H and O–H groups in total. The summed E-state index contributed by atoms with van der Waals surface area (Å²) in [5.74, 6) is -0.100. The summed E-state index contributed by atoms with van der Waals surface area (Å²) in [7, 11) is 0. The zero-order valence-electron chi connectivity index (χ0n) is 9.89. The third-order valence-electron chi connectivity index (χ3n) is 3.95. The number of aliphatic hydroxyl groups is 2. The SMILES string of the molecule is CC[C@H]1CC[C@@]2(C[C@H](O)[C@@H](CO)CO2)OC1. The highest BCUT2D eigenvalue weighted by Crippen LogP contribution is 2.38. The first-order valence-corrected chi connectivity index (χ1v) is 6.26. The van der Waals surface area contributed by atoms with Crippen molar-refractivity contribution in [2.24, 2.45) is 11.8 Å². The van der Waals surface area contributed by atoms with Crippen LogP contribution in [-0.2, 0) is 9.47 Å². The summed E-state index contributed by atoms with van der Waals surface area (Å²) in [5.41, 5.74) is 0. The van der Waals surface area contributed by atoms with Gasteiger partial charge in [0.05, 0.1) is 25.9 Å². The molecule has 0 amide bonds. The van der Waals surface area contributed by atoms with E-state index in [1.807, 2.05) is 0 Å². The van der Waals surface area contributed by atoms with Crippen LogP contribution in [0.4, 0.5) is 0 Å². The highest BCUT2D eigenvalue weighted by molar-refractivity contribution is 4.87. The Morgan fingerprint density at radius 3 is 2.56 bits per heavy atom. The molecule has 2 aliphatic rings. The van der Waals surface area contributed by atoms with E-state index in [1.54, 1.807) is 0 Å². The molecule has 0 bridgehead atoms. The molecule has 2 rings (SSSR count). The normalized spacial score (nSPS) is 44.8. The van der Waals surface area contributed by atoms with Crippen molar-refractivity contribution < 1.29 is 19.7 Å². The zero-order chi connectivity index (χ0) is 11.6. The average molecular weight is 230 g/mol. The number of hydrogen-bond donors (Lipinski definition) is 2. The number of ether oxygens (including phenoxy) is 2. The van der Waals surface area contributed by atoms with Crippen molar-refractivity contribution in [2.45, 2.75) is 44.5 Å². The summed E-state index contributed by atoms with van der Waals surface area (Å²) in [6.45, 7) is 3.28. The van der Waals surface area contributed by atoms with E-state index in [2.05, 4.69) is 6.92 Å². The van der Waals surface area contributed by atoms with Gasteiger partial charge in [-0.1, -0.05) is 13.3 Å². The molecule has 2 saturated heterocycles. The van der Waals surface area contributed by atoms with Gasteiger partial charge in [0, 0.05) is 18.8 Å². The van der Waals surface area contributed by atoms with Gasteiger partial charge in [0.1, 0.15) is 0 Å². The molecule has 0 unspecified atom stereocenters. The monoisotopic (exact) mass is 230 g/mol. The topological polar surface area (TPSA) is 58.9 Å². The molecular formula is C12H22O4. The molecule has 0 aliphatic carbocycles. The van der Waals surface area contributed by atoms with Gasteiger partial charge >= 0.3 is 0 Å². The van der Waals surface area contributed by atoms with Gasteiger partial charge in [-0.25, -0.2) is 0 Å². The molecular weight excluding hydrogens is 208 g/mol. The molecule has 4 nitrogen and oxygen atoms in total. The number of hydrogen-bond acceptors (Lipinski definition) is 4. The van der Waals surface area contributed by atoms with Gasteiger partial charge < -0.3 is 19.7 Å². The van der Waals surface area contributed by atoms with Crippen molar-refractivity contribution in [2.75, 3.05) is 19.8 Å². The standard InChI is InChI=1S/C12H22O4/c1-2-9-3-4-12(15-7-9)5-11(14)10(6-13)8-16-12/h9-11,13-14H,2-8H2,1H3/t9-,10-,11-,12+/m0/s1. The molecule has 4 heteroatoms. The second kappa shape index (κ2) is 5.00. The van der Waals surface area contributed by atoms with Crippen LogP contribution in [0.2, 0.25) is 0 Å². The summed E-state index contributed by atoms with van der Waals surface area (Å²) in [4.78, 5) is 0. The van der Waals surface area contributed by atoms with E-state index in [4.69, 9.17) is 14.6 Å². The zero-order valence-corrected chi connectivity index (χ0v) is 9.89. The van der Waals surface area contributed by atoms with Crippen LogP contribution in [0.3, 0.4) is 0 Å². The number of aliphatic hydroxyl groups excluding tert-OH is 2. The number of rotatable bonds is 2. The van der Waals surface area contributed by atoms with E-state index < -0.39 is 11.9 Å². The second-order valence-corrected chi connectivity index (χ2v) is 5.06. The minimum atomic E-state index is -0.573. The van der Waals surface area contributed by atoms with Crippen LogP contribution in [0, 0.1) is 11.8 Å². The Kier molecular flexibility index (Phi) is 3.85. The van der Waals surface area contributed by atoms with Gasteiger partial charge in [0.15, 0.2) is 5.79 Å². The van der Waals surface area contributed by atoms with Crippen LogP contribution < -0.4 is 0 Å². The first kappa shape index (κ1) is 12.3. The van der Waals surface area contributed by atoms with E-state index >= 15 is 0 Å². The van der Waals surface area contributed by atoms with Crippen molar-refractivity contribution in [3.63, 3.8) is 0 Å². The largest absolute Gasteiger partial charge is 0.396 e. The van der Waals surface area contributed by atoms with Crippen LogP contribution in [0.5, 0.6) is 0 Å². The van der Waals surface area contributed by atoms with Crippen LogP contribution in [0.1, 0.15) is 32.6 Å². The predicted octanol–water partition coefficient (Wildman–Crippen LogP) is 0.909.